The molecule has 6 N–H and O–H groups in total. The normalized spacial score (nSPS) is 11.5. The number of sulfonamides is 1. The fraction of sp³-hybridized carbons (Fsp3) is 0.0909. The summed E-state index contributed by atoms with van der Waals surface area (Å²) in [6, 6.07) is 4.22. The summed E-state index contributed by atoms with van der Waals surface area (Å²) < 4.78 is 24.4. The first-order valence-corrected chi connectivity index (χ1v) is 7.03. The van der Waals surface area contributed by atoms with Crippen LogP contribution in [0, 0.1) is 6.92 Å². The average Bonchev–Trinajstić information content (AvgIpc) is 2.79. The first-order chi connectivity index (χ1) is 9.20. The number of nitrogens with zero attached hydrogens (tertiary/aromatic N) is 2. The van der Waals surface area contributed by atoms with Gasteiger partial charge in [0.2, 0.25) is 10.0 Å². The van der Waals surface area contributed by atoms with Crippen molar-refractivity contribution in [2.24, 2.45) is 10.9 Å². The van der Waals surface area contributed by atoms with Gasteiger partial charge in [-0.2, -0.15) is 5.10 Å². The number of rotatable bonds is 3. The number of nitrogen functional groups attached to an aromatic ring is 1. The third-order valence-corrected chi connectivity index (χ3v) is 3.79. The third-order valence-electron chi connectivity index (χ3n) is 2.75. The van der Waals surface area contributed by atoms with E-state index in [4.69, 9.17) is 16.6 Å². The maximum Gasteiger partial charge on any atom is 0.269 e. The van der Waals surface area contributed by atoms with Crippen LogP contribution in [-0.4, -0.2) is 24.1 Å². The number of primary sulfonamides is 1. The predicted octanol–water partition coefficient (Wildman–Crippen LogP) is -0.491. The monoisotopic (exact) mass is 295 g/mol. The van der Waals surface area contributed by atoms with E-state index in [1.807, 2.05) is 0 Å². The molecule has 2 aromatic rings. The Morgan fingerprint density at radius 3 is 2.50 bits per heavy atom. The van der Waals surface area contributed by atoms with E-state index in [1.165, 1.54) is 29.1 Å². The van der Waals surface area contributed by atoms with Gasteiger partial charge in [-0.25, -0.2) is 18.2 Å². The van der Waals surface area contributed by atoms with Crippen molar-refractivity contribution in [2.45, 2.75) is 11.8 Å². The molecule has 20 heavy (non-hydrogen) atoms. The molecule has 0 saturated heterocycles. The van der Waals surface area contributed by atoms with Crippen LogP contribution < -0.4 is 16.6 Å². The SMILES string of the molecule is Cc1c(-n2ccc(C(N)=O)n2)cc(N)cc1S(N)(=O)=O. The summed E-state index contributed by atoms with van der Waals surface area (Å²) in [7, 11) is -3.91. The number of amides is 1. The molecule has 1 heterocycles. The topological polar surface area (TPSA) is 147 Å². The molecule has 8 nitrogen and oxygen atoms in total. The number of anilines is 1. The zero-order valence-corrected chi connectivity index (χ0v) is 11.4. The second-order valence-corrected chi connectivity index (χ2v) is 5.75. The van der Waals surface area contributed by atoms with Gasteiger partial charge in [0.1, 0.15) is 5.69 Å². The molecular weight excluding hydrogens is 282 g/mol. The highest BCUT2D eigenvalue weighted by molar-refractivity contribution is 7.89. The summed E-state index contributed by atoms with van der Waals surface area (Å²) in [6.45, 7) is 1.57. The van der Waals surface area contributed by atoms with Gasteiger partial charge in [-0.15, -0.1) is 0 Å². The van der Waals surface area contributed by atoms with Gasteiger partial charge in [-0.1, -0.05) is 0 Å². The minimum atomic E-state index is -3.91. The van der Waals surface area contributed by atoms with E-state index in [1.54, 1.807) is 6.92 Å². The Labute approximate surface area is 115 Å². The van der Waals surface area contributed by atoms with Gasteiger partial charge in [-0.3, -0.25) is 4.79 Å². The molecule has 0 saturated carbocycles. The van der Waals surface area contributed by atoms with E-state index in [9.17, 15) is 13.2 Å². The lowest BCUT2D eigenvalue weighted by atomic mass is 10.2. The Hall–Kier alpha value is -2.39. The smallest absolute Gasteiger partial charge is 0.269 e. The molecule has 0 aliphatic heterocycles. The highest BCUT2D eigenvalue weighted by Gasteiger charge is 2.17. The Bertz CT molecular complexity index is 794. The summed E-state index contributed by atoms with van der Waals surface area (Å²) in [5.74, 6) is -0.683. The second kappa shape index (κ2) is 4.62. The van der Waals surface area contributed by atoms with Gasteiger partial charge in [0, 0.05) is 11.9 Å². The lowest BCUT2D eigenvalue weighted by molar-refractivity contribution is 0.0995. The van der Waals surface area contributed by atoms with E-state index in [0.29, 0.717) is 11.3 Å². The summed E-state index contributed by atoms with van der Waals surface area (Å²) in [4.78, 5) is 10.9. The van der Waals surface area contributed by atoms with Crippen molar-refractivity contribution in [2.75, 3.05) is 5.73 Å². The number of nitrogens with two attached hydrogens (primary N) is 3. The van der Waals surface area contributed by atoms with Crippen molar-refractivity contribution < 1.29 is 13.2 Å². The van der Waals surface area contributed by atoms with Crippen LogP contribution in [0.1, 0.15) is 16.1 Å². The highest BCUT2D eigenvalue weighted by atomic mass is 32.2. The standard InChI is InChI=1S/C11H13N5O3S/c1-6-9(16-3-2-8(15-16)11(13)17)4-7(12)5-10(6)20(14,18)19/h2-5H,12H2,1H3,(H2,13,17)(H2,14,18,19). The Morgan fingerprint density at radius 2 is 2.00 bits per heavy atom. The second-order valence-electron chi connectivity index (χ2n) is 4.22. The van der Waals surface area contributed by atoms with Crippen LogP contribution in [0.4, 0.5) is 5.69 Å². The summed E-state index contributed by atoms with van der Waals surface area (Å²) in [6.07, 6.45) is 1.48. The van der Waals surface area contributed by atoms with Gasteiger partial charge in [0.25, 0.3) is 5.91 Å². The minimum Gasteiger partial charge on any atom is -0.399 e. The molecule has 0 unspecified atom stereocenters. The van der Waals surface area contributed by atoms with Gasteiger partial charge in [-0.05, 0) is 30.7 Å². The molecule has 0 fully saturated rings. The lowest BCUT2D eigenvalue weighted by Gasteiger charge is -2.11. The Kier molecular flexibility index (Phi) is 3.24. The zero-order chi connectivity index (χ0) is 15.1. The van der Waals surface area contributed by atoms with Crippen LogP contribution in [0.5, 0.6) is 0 Å². The summed E-state index contributed by atoms with van der Waals surface area (Å²) in [5.41, 5.74) is 11.8. The van der Waals surface area contributed by atoms with Crippen LogP contribution >= 0.6 is 0 Å². The minimum absolute atomic E-state index is 0.0592. The molecule has 1 aromatic carbocycles. The Morgan fingerprint density at radius 1 is 1.35 bits per heavy atom. The van der Waals surface area contributed by atoms with E-state index in [2.05, 4.69) is 5.10 Å². The third kappa shape index (κ3) is 2.49. The van der Waals surface area contributed by atoms with Crippen LogP contribution in [0.25, 0.3) is 5.69 Å². The molecule has 0 atom stereocenters. The average molecular weight is 295 g/mol. The van der Waals surface area contributed by atoms with Gasteiger partial charge in [0.05, 0.1) is 10.6 Å². The highest BCUT2D eigenvalue weighted by Crippen LogP contribution is 2.24. The van der Waals surface area contributed by atoms with E-state index >= 15 is 0 Å². The lowest BCUT2D eigenvalue weighted by Crippen LogP contribution is -2.16. The van der Waals surface area contributed by atoms with Crippen LogP contribution in [0.3, 0.4) is 0 Å². The molecule has 0 bridgehead atoms. The molecular formula is C11H13N5O3S. The number of carbonyl (C=O) groups is 1. The molecule has 1 aromatic heterocycles. The maximum atomic E-state index is 11.5. The van der Waals surface area contributed by atoms with Crippen LogP contribution in [-0.2, 0) is 10.0 Å². The fourth-order valence-electron chi connectivity index (χ4n) is 1.82. The first-order valence-electron chi connectivity index (χ1n) is 5.49. The number of hydrogen-bond acceptors (Lipinski definition) is 5. The molecule has 2 rings (SSSR count). The maximum absolute atomic E-state index is 11.5. The quantitative estimate of drug-likeness (QED) is 0.653. The van der Waals surface area contributed by atoms with Crippen LogP contribution in [0.2, 0.25) is 0 Å². The van der Waals surface area contributed by atoms with Crippen molar-refractivity contribution in [3.8, 4) is 5.69 Å². The van der Waals surface area contributed by atoms with Gasteiger partial charge < -0.3 is 11.5 Å². The number of aromatic nitrogens is 2. The van der Waals surface area contributed by atoms with Crippen molar-refractivity contribution in [3.63, 3.8) is 0 Å². The molecule has 0 aliphatic rings. The van der Waals surface area contributed by atoms with Gasteiger partial charge in [0.15, 0.2) is 0 Å². The molecule has 9 heteroatoms. The molecule has 106 valence electrons. The van der Waals surface area contributed by atoms with Crippen molar-refractivity contribution >= 4 is 21.6 Å². The van der Waals surface area contributed by atoms with E-state index in [-0.39, 0.29) is 16.3 Å². The van der Waals surface area contributed by atoms with Crippen molar-refractivity contribution in [3.05, 3.63) is 35.7 Å². The predicted molar refractivity (Wildman–Crippen MR) is 72.6 cm³/mol. The number of carbonyl (C=O) groups excluding carboxylic acids is 1. The summed E-state index contributed by atoms with van der Waals surface area (Å²) in [5, 5.41) is 9.10. The van der Waals surface area contributed by atoms with E-state index in [0.717, 1.165) is 0 Å². The van der Waals surface area contributed by atoms with E-state index < -0.39 is 15.9 Å². The largest absolute Gasteiger partial charge is 0.399 e. The molecule has 0 spiro atoms. The van der Waals surface area contributed by atoms with Crippen molar-refractivity contribution in [1.29, 1.82) is 0 Å². The summed E-state index contributed by atoms with van der Waals surface area (Å²) >= 11 is 0. The molecule has 0 aliphatic carbocycles. The first kappa shape index (κ1) is 14.0. The molecule has 1 amide bonds. The zero-order valence-electron chi connectivity index (χ0n) is 10.6. The fourth-order valence-corrected chi connectivity index (χ4v) is 2.65. The number of primary amides is 1. The number of benzene rings is 1. The number of hydrogen-bond donors (Lipinski definition) is 3. The Balaban J connectivity index is 2.68. The van der Waals surface area contributed by atoms with Gasteiger partial charge >= 0.3 is 0 Å². The molecule has 0 radical (unpaired) electrons. The van der Waals surface area contributed by atoms with Crippen LogP contribution in [0.15, 0.2) is 29.3 Å². The van der Waals surface area contributed by atoms with Crippen molar-refractivity contribution in [1.82, 2.24) is 9.78 Å².